The fourth-order valence-electron chi connectivity index (χ4n) is 0.720. The summed E-state index contributed by atoms with van der Waals surface area (Å²) >= 11 is 5.14. The van der Waals surface area contributed by atoms with Crippen molar-refractivity contribution in [2.75, 3.05) is 12.5 Å². The van der Waals surface area contributed by atoms with E-state index in [0.29, 0.717) is 0 Å². The van der Waals surface area contributed by atoms with Crippen molar-refractivity contribution >= 4 is 25.2 Å². The van der Waals surface area contributed by atoms with Gasteiger partial charge in [0.1, 0.15) is 18.8 Å². The maximum absolute atomic E-state index is 11.0. The van der Waals surface area contributed by atoms with Crippen LogP contribution in [0.3, 0.4) is 0 Å². The number of rotatable bonds is 7. The lowest BCUT2D eigenvalue weighted by molar-refractivity contribution is -0.341. The van der Waals surface area contributed by atoms with Crippen molar-refractivity contribution in [3.63, 3.8) is 0 Å². The number of carbonyl (C=O) groups excluding carboxylic acids is 1. The highest BCUT2D eigenvalue weighted by atomic mass is 35.5. The number of aliphatic hydroxyl groups excluding tert-OH is 3. The van der Waals surface area contributed by atoms with Crippen LogP contribution in [0.25, 0.3) is 0 Å². The predicted octanol–water partition coefficient (Wildman–Crippen LogP) is -3.28. The molecule has 0 spiro atoms. The normalized spacial score (nSPS) is 17.9. The minimum Gasteiger partial charge on any atom is -0.790 e. The largest absolute Gasteiger partial charge is 0.790 e. The predicted molar refractivity (Wildman–Crippen MR) is 47.3 cm³/mol. The van der Waals surface area contributed by atoms with Gasteiger partial charge in [0.05, 0.1) is 19.8 Å². The summed E-state index contributed by atoms with van der Waals surface area (Å²) in [5.74, 6) is -1.70. The van der Waals surface area contributed by atoms with Crippen LogP contribution >= 0.6 is 19.4 Å². The molecule has 0 saturated carbocycles. The van der Waals surface area contributed by atoms with Crippen molar-refractivity contribution in [3.8, 4) is 0 Å². The molecule has 0 radical (unpaired) electrons. The molecule has 0 aromatic rings. The van der Waals surface area contributed by atoms with Crippen LogP contribution in [0.1, 0.15) is 0 Å². The van der Waals surface area contributed by atoms with E-state index in [9.17, 15) is 19.1 Å². The first kappa shape index (κ1) is 16.0. The molecule has 10 heteroatoms. The van der Waals surface area contributed by atoms with Gasteiger partial charge in [-0.1, -0.05) is 0 Å². The van der Waals surface area contributed by atoms with E-state index in [-0.39, 0.29) is 0 Å². The molecule has 3 atom stereocenters. The van der Waals surface area contributed by atoms with Crippen molar-refractivity contribution in [2.24, 2.45) is 0 Å². The third-order valence-electron chi connectivity index (χ3n) is 1.57. The Kier molecular flexibility index (Phi) is 6.61. The van der Waals surface area contributed by atoms with Gasteiger partial charge in [-0.15, -0.1) is 11.6 Å². The van der Waals surface area contributed by atoms with Gasteiger partial charge in [0.25, 0.3) is 0 Å². The molecule has 0 aliphatic heterocycles. The molecule has 0 aliphatic rings. The fraction of sp³-hybridized carbons (Fsp3) is 0.833. The van der Waals surface area contributed by atoms with Gasteiger partial charge in [0, 0.05) is 0 Å². The van der Waals surface area contributed by atoms with E-state index < -0.39 is 44.4 Å². The van der Waals surface area contributed by atoms with E-state index in [0.717, 1.165) is 0 Å². The maximum atomic E-state index is 11.0. The lowest BCUT2D eigenvalue weighted by Gasteiger charge is -2.29. The van der Waals surface area contributed by atoms with Crippen LogP contribution < -0.4 is 9.79 Å². The van der Waals surface area contributed by atoms with E-state index >= 15 is 0 Å². The smallest absolute Gasteiger partial charge is 0.189 e. The summed E-state index contributed by atoms with van der Waals surface area (Å²) in [7, 11) is -5.32. The van der Waals surface area contributed by atoms with Crippen molar-refractivity contribution < 1.29 is 39.0 Å². The highest BCUT2D eigenvalue weighted by molar-refractivity contribution is 7.43. The van der Waals surface area contributed by atoms with Gasteiger partial charge in [-0.05, 0) is 0 Å². The van der Waals surface area contributed by atoms with Crippen LogP contribution in [-0.4, -0.2) is 51.9 Å². The Morgan fingerprint density at radius 2 is 1.88 bits per heavy atom. The Bertz CT molecular complexity index is 278. The van der Waals surface area contributed by atoms with Crippen LogP contribution in [-0.2, 0) is 13.9 Å². The molecule has 16 heavy (non-hydrogen) atoms. The first-order valence-corrected chi connectivity index (χ1v) is 5.98. The Morgan fingerprint density at radius 3 is 2.25 bits per heavy atom. The molecule has 2 unspecified atom stereocenters. The zero-order chi connectivity index (χ0) is 12.9. The van der Waals surface area contributed by atoms with Gasteiger partial charge in [-0.25, -0.2) is 0 Å². The number of halogens is 1. The summed E-state index contributed by atoms with van der Waals surface area (Å²) in [6.07, 6.45) is -5.53. The molecule has 96 valence electrons. The van der Waals surface area contributed by atoms with E-state index in [1.807, 2.05) is 0 Å². The quantitative estimate of drug-likeness (QED) is 0.323. The Morgan fingerprint density at radius 1 is 1.38 bits per heavy atom. The van der Waals surface area contributed by atoms with E-state index in [4.69, 9.17) is 26.9 Å². The third-order valence-corrected chi connectivity index (χ3v) is 2.33. The second-order valence-electron chi connectivity index (χ2n) is 2.84. The van der Waals surface area contributed by atoms with Crippen molar-refractivity contribution in [3.05, 3.63) is 0 Å². The van der Waals surface area contributed by atoms with Crippen molar-refractivity contribution in [2.45, 2.75) is 18.3 Å². The summed E-state index contributed by atoms with van der Waals surface area (Å²) in [6, 6.07) is 0. The first-order chi connectivity index (χ1) is 7.19. The molecule has 0 saturated heterocycles. The lowest BCUT2D eigenvalue weighted by atomic mass is 10.1. The molecule has 0 fully saturated rings. The average Bonchev–Trinajstić information content (AvgIpc) is 2.21. The number of hydrogen-bond acceptors (Lipinski definition) is 8. The van der Waals surface area contributed by atoms with Crippen molar-refractivity contribution in [1.29, 1.82) is 0 Å². The Hall–Kier alpha value is -0.0500. The zero-order valence-electron chi connectivity index (χ0n) is 7.85. The summed E-state index contributed by atoms with van der Waals surface area (Å²) < 4.78 is 13.6. The average molecular weight is 277 g/mol. The van der Waals surface area contributed by atoms with Crippen molar-refractivity contribution in [1.82, 2.24) is 0 Å². The molecule has 0 amide bonds. The second-order valence-corrected chi connectivity index (χ2v) is 4.31. The van der Waals surface area contributed by atoms with Crippen LogP contribution in [0, 0.1) is 0 Å². The number of carbonyl (C=O) groups is 1. The number of phosphoric acid groups is 1. The maximum Gasteiger partial charge on any atom is 0.189 e. The fourth-order valence-corrected chi connectivity index (χ4v) is 1.19. The van der Waals surface area contributed by atoms with E-state index in [2.05, 4.69) is 4.52 Å². The SMILES string of the molecule is O=C(COP(=O)([O-])[O-])C(O)C(O)[C@@H](O)CCl. The zero-order valence-corrected chi connectivity index (χ0v) is 9.50. The third kappa shape index (κ3) is 5.88. The van der Waals surface area contributed by atoms with Gasteiger partial charge in [-0.3, -0.25) is 4.79 Å². The molecule has 0 aliphatic carbocycles. The van der Waals surface area contributed by atoms with Gasteiger partial charge in [0.2, 0.25) is 0 Å². The Labute approximate surface area is 95.7 Å². The number of hydrogen-bond donors (Lipinski definition) is 3. The highest BCUT2D eigenvalue weighted by Crippen LogP contribution is 2.24. The molecule has 0 bridgehead atoms. The lowest BCUT2D eigenvalue weighted by Crippen LogP contribution is -2.44. The van der Waals surface area contributed by atoms with E-state index in [1.165, 1.54) is 0 Å². The number of ketones is 1. The minimum atomic E-state index is -5.32. The molecular weight excluding hydrogens is 266 g/mol. The highest BCUT2D eigenvalue weighted by Gasteiger charge is 2.29. The van der Waals surface area contributed by atoms with Crippen LogP contribution in [0.5, 0.6) is 0 Å². The number of phosphoric ester groups is 1. The second kappa shape index (κ2) is 6.63. The number of alkyl halides is 1. The molecule has 0 aromatic heterocycles. The molecule has 0 heterocycles. The summed E-state index contributed by atoms with van der Waals surface area (Å²) in [4.78, 5) is 31.0. The number of Topliss-reactive ketones (excluding diaryl/α,β-unsaturated/α-hetero) is 1. The topological polar surface area (TPSA) is 150 Å². The summed E-state index contributed by atoms with van der Waals surface area (Å²) in [6.45, 7) is -1.21. The Balaban J connectivity index is 4.23. The standard InChI is InChI=1S/C6H12ClO8P/c7-1-3(8)5(10)6(11)4(9)2-15-16(12,13)14/h3,5-6,8,10-11H,1-2H2,(H2,12,13,14)/p-2/t3-,5?,6?/m0/s1. The minimum absolute atomic E-state index is 0.437. The first-order valence-electron chi connectivity index (χ1n) is 3.98. The molecule has 8 nitrogen and oxygen atoms in total. The van der Waals surface area contributed by atoms with Gasteiger partial charge in [-0.2, -0.15) is 0 Å². The molecule has 0 aromatic carbocycles. The van der Waals surface area contributed by atoms with Crippen LogP contribution in [0.15, 0.2) is 0 Å². The monoisotopic (exact) mass is 276 g/mol. The van der Waals surface area contributed by atoms with Gasteiger partial charge < -0.3 is 34.2 Å². The van der Waals surface area contributed by atoms with E-state index in [1.54, 1.807) is 0 Å². The van der Waals surface area contributed by atoms with Crippen LogP contribution in [0.4, 0.5) is 0 Å². The number of aliphatic hydroxyl groups is 3. The van der Waals surface area contributed by atoms with Gasteiger partial charge >= 0.3 is 0 Å². The summed E-state index contributed by atoms with van der Waals surface area (Å²) in [5.41, 5.74) is 0. The van der Waals surface area contributed by atoms with Gasteiger partial charge in [0.15, 0.2) is 5.78 Å². The summed E-state index contributed by atoms with van der Waals surface area (Å²) in [5, 5.41) is 27.2. The van der Waals surface area contributed by atoms with Crippen LogP contribution in [0.2, 0.25) is 0 Å². The molecule has 0 rings (SSSR count). The molecular formula is C6H10ClO8P-2. The molecule has 3 N–H and O–H groups in total.